The van der Waals surface area contributed by atoms with Crippen LogP contribution in [0.5, 0.6) is 0 Å². The third-order valence-corrected chi connectivity index (χ3v) is 4.99. The summed E-state index contributed by atoms with van der Waals surface area (Å²) in [6.45, 7) is 4.90. The van der Waals surface area contributed by atoms with Crippen LogP contribution in [-0.2, 0) is 16.1 Å². The van der Waals surface area contributed by atoms with Crippen LogP contribution in [0.1, 0.15) is 43.2 Å². The molecule has 1 aromatic carbocycles. The molecule has 1 aromatic heterocycles. The summed E-state index contributed by atoms with van der Waals surface area (Å²) in [6.07, 6.45) is 2.09. The zero-order valence-electron chi connectivity index (χ0n) is 13.8. The van der Waals surface area contributed by atoms with Crippen molar-refractivity contribution in [3.05, 3.63) is 58.3 Å². The Morgan fingerprint density at radius 1 is 1.13 bits per heavy atom. The van der Waals surface area contributed by atoms with Crippen molar-refractivity contribution in [1.29, 1.82) is 0 Å². The van der Waals surface area contributed by atoms with Crippen molar-refractivity contribution in [2.75, 3.05) is 6.61 Å². The van der Waals surface area contributed by atoms with Crippen LogP contribution in [0, 0.1) is 5.92 Å². The van der Waals surface area contributed by atoms with Crippen molar-refractivity contribution in [2.45, 2.75) is 39.3 Å². The second kappa shape index (κ2) is 9.48. The number of nitrogens with one attached hydrogen (secondary N) is 1. The fourth-order valence-corrected chi connectivity index (χ4v) is 3.57. The van der Waals surface area contributed by atoms with Crippen LogP contribution < -0.4 is 5.32 Å². The molecule has 0 aliphatic carbocycles. The first-order valence-electron chi connectivity index (χ1n) is 8.19. The maximum Gasteiger partial charge on any atom is 0.246 e. The topological polar surface area (TPSA) is 38.3 Å². The van der Waals surface area contributed by atoms with Gasteiger partial charge in [0.1, 0.15) is 6.61 Å². The SMILES string of the molecule is CCC(CC)C(NC(=O)COCc1ccccc1)c1cccs1. The van der Waals surface area contributed by atoms with Crippen LogP contribution in [0.4, 0.5) is 0 Å². The van der Waals surface area contributed by atoms with Gasteiger partial charge in [-0.3, -0.25) is 4.79 Å². The van der Waals surface area contributed by atoms with E-state index in [0.717, 1.165) is 18.4 Å². The number of hydrogen-bond acceptors (Lipinski definition) is 3. The van der Waals surface area contributed by atoms with Crippen LogP contribution in [-0.4, -0.2) is 12.5 Å². The number of benzene rings is 1. The van der Waals surface area contributed by atoms with Crippen LogP contribution in [0.15, 0.2) is 47.8 Å². The van der Waals surface area contributed by atoms with Crippen LogP contribution >= 0.6 is 11.3 Å². The normalized spacial score (nSPS) is 12.3. The van der Waals surface area contributed by atoms with Crippen LogP contribution in [0.3, 0.4) is 0 Å². The summed E-state index contributed by atoms with van der Waals surface area (Å²) >= 11 is 1.70. The summed E-state index contributed by atoms with van der Waals surface area (Å²) in [4.78, 5) is 13.5. The van der Waals surface area contributed by atoms with Gasteiger partial charge in [0.2, 0.25) is 5.91 Å². The number of carbonyl (C=O) groups is 1. The van der Waals surface area contributed by atoms with E-state index in [1.54, 1.807) is 11.3 Å². The zero-order valence-corrected chi connectivity index (χ0v) is 14.6. The summed E-state index contributed by atoms with van der Waals surface area (Å²) in [5.74, 6) is 0.401. The zero-order chi connectivity index (χ0) is 16.5. The van der Waals surface area contributed by atoms with E-state index < -0.39 is 0 Å². The lowest BCUT2D eigenvalue weighted by molar-refractivity contribution is -0.127. The highest BCUT2D eigenvalue weighted by atomic mass is 32.1. The lowest BCUT2D eigenvalue weighted by Gasteiger charge is -2.25. The fourth-order valence-electron chi connectivity index (χ4n) is 2.70. The predicted octanol–water partition coefficient (Wildman–Crippen LogP) is 4.56. The third kappa shape index (κ3) is 5.48. The first kappa shape index (κ1) is 17.7. The smallest absolute Gasteiger partial charge is 0.246 e. The highest BCUT2D eigenvalue weighted by Crippen LogP contribution is 2.30. The van der Waals surface area contributed by atoms with Gasteiger partial charge in [0.25, 0.3) is 0 Å². The van der Waals surface area contributed by atoms with Crippen molar-refractivity contribution >= 4 is 17.2 Å². The maximum atomic E-state index is 12.2. The molecule has 4 heteroatoms. The van der Waals surface area contributed by atoms with Crippen LogP contribution in [0.25, 0.3) is 0 Å². The molecule has 1 N–H and O–H groups in total. The standard InChI is InChI=1S/C19H25NO2S/c1-3-16(4-2)19(17-11-8-12-23-17)20-18(21)14-22-13-15-9-6-5-7-10-15/h5-12,16,19H,3-4,13-14H2,1-2H3,(H,20,21). The fraction of sp³-hybridized carbons (Fsp3) is 0.421. The Hall–Kier alpha value is -1.65. The lowest BCUT2D eigenvalue weighted by atomic mass is 9.93. The average Bonchev–Trinajstić information content (AvgIpc) is 3.10. The lowest BCUT2D eigenvalue weighted by Crippen LogP contribution is -2.35. The van der Waals surface area contributed by atoms with E-state index in [0.29, 0.717) is 12.5 Å². The van der Waals surface area contributed by atoms with E-state index in [1.807, 2.05) is 36.4 Å². The molecule has 2 aromatic rings. The molecule has 2 rings (SSSR count). The molecule has 1 heterocycles. The molecule has 124 valence electrons. The Labute approximate surface area is 142 Å². The quantitative estimate of drug-likeness (QED) is 0.731. The molecular weight excluding hydrogens is 306 g/mol. The number of ether oxygens (including phenoxy) is 1. The van der Waals surface area contributed by atoms with Gasteiger partial charge in [-0.2, -0.15) is 0 Å². The third-order valence-electron chi connectivity index (χ3n) is 4.03. The van der Waals surface area contributed by atoms with Gasteiger partial charge in [0, 0.05) is 4.88 Å². The molecule has 0 fully saturated rings. The number of thiophene rings is 1. The molecule has 3 nitrogen and oxygen atoms in total. The van der Waals surface area contributed by atoms with E-state index in [9.17, 15) is 4.79 Å². The molecule has 1 atom stereocenters. The summed E-state index contributed by atoms with van der Waals surface area (Å²) in [6, 6.07) is 14.1. The number of rotatable bonds is 9. The summed E-state index contributed by atoms with van der Waals surface area (Å²) in [5.41, 5.74) is 1.08. The van der Waals surface area contributed by atoms with Gasteiger partial charge in [0.05, 0.1) is 12.6 Å². The number of hydrogen-bond donors (Lipinski definition) is 1. The molecule has 0 saturated heterocycles. The number of carbonyl (C=O) groups excluding carboxylic acids is 1. The maximum absolute atomic E-state index is 12.2. The molecule has 0 spiro atoms. The minimum absolute atomic E-state index is 0.0498. The van der Waals surface area contributed by atoms with Gasteiger partial charge in [-0.15, -0.1) is 11.3 Å². The average molecular weight is 331 g/mol. The van der Waals surface area contributed by atoms with E-state index in [4.69, 9.17) is 4.74 Å². The molecule has 1 amide bonds. The first-order valence-corrected chi connectivity index (χ1v) is 9.07. The largest absolute Gasteiger partial charge is 0.367 e. The summed E-state index contributed by atoms with van der Waals surface area (Å²) in [5, 5.41) is 5.21. The van der Waals surface area contributed by atoms with Crippen molar-refractivity contribution in [2.24, 2.45) is 5.92 Å². The molecule has 0 bridgehead atoms. The second-order valence-electron chi connectivity index (χ2n) is 5.62. The second-order valence-corrected chi connectivity index (χ2v) is 6.59. The molecule has 0 saturated carbocycles. The minimum Gasteiger partial charge on any atom is -0.367 e. The van der Waals surface area contributed by atoms with Gasteiger partial charge < -0.3 is 10.1 Å². The highest BCUT2D eigenvalue weighted by Gasteiger charge is 2.23. The first-order chi connectivity index (χ1) is 11.2. The van der Waals surface area contributed by atoms with E-state index in [2.05, 4.69) is 30.6 Å². The van der Waals surface area contributed by atoms with E-state index in [1.165, 1.54) is 4.88 Å². The molecule has 1 unspecified atom stereocenters. The van der Waals surface area contributed by atoms with Gasteiger partial charge in [-0.05, 0) is 22.9 Å². The van der Waals surface area contributed by atoms with Gasteiger partial charge >= 0.3 is 0 Å². The Balaban J connectivity index is 1.87. The van der Waals surface area contributed by atoms with Crippen molar-refractivity contribution < 1.29 is 9.53 Å². The molecule has 0 aliphatic rings. The molecule has 0 radical (unpaired) electrons. The van der Waals surface area contributed by atoms with Crippen molar-refractivity contribution in [1.82, 2.24) is 5.32 Å². The molecular formula is C19H25NO2S. The Morgan fingerprint density at radius 3 is 2.48 bits per heavy atom. The van der Waals surface area contributed by atoms with Crippen molar-refractivity contribution in [3.63, 3.8) is 0 Å². The van der Waals surface area contributed by atoms with E-state index in [-0.39, 0.29) is 18.6 Å². The minimum atomic E-state index is -0.0498. The van der Waals surface area contributed by atoms with E-state index >= 15 is 0 Å². The van der Waals surface area contributed by atoms with Gasteiger partial charge in [0.15, 0.2) is 0 Å². The number of amides is 1. The highest BCUT2D eigenvalue weighted by molar-refractivity contribution is 7.10. The summed E-state index contributed by atoms with van der Waals surface area (Å²) in [7, 11) is 0. The van der Waals surface area contributed by atoms with Crippen LogP contribution in [0.2, 0.25) is 0 Å². The summed E-state index contributed by atoms with van der Waals surface area (Å²) < 4.78 is 5.54. The molecule has 0 aliphatic heterocycles. The molecule has 23 heavy (non-hydrogen) atoms. The Kier molecular flexibility index (Phi) is 7.30. The monoisotopic (exact) mass is 331 g/mol. The van der Waals surface area contributed by atoms with Gasteiger partial charge in [-0.25, -0.2) is 0 Å². The predicted molar refractivity (Wildman–Crippen MR) is 95.4 cm³/mol. The Bertz CT molecular complexity index is 564. The Morgan fingerprint density at radius 2 is 1.87 bits per heavy atom. The van der Waals surface area contributed by atoms with Gasteiger partial charge in [-0.1, -0.05) is 63.1 Å². The van der Waals surface area contributed by atoms with Crippen molar-refractivity contribution in [3.8, 4) is 0 Å².